The van der Waals surface area contributed by atoms with Crippen LogP contribution < -0.4 is 16.2 Å². The van der Waals surface area contributed by atoms with Crippen LogP contribution in [0.1, 0.15) is 31.2 Å². The quantitative estimate of drug-likeness (QED) is 0.698. The molecule has 0 saturated heterocycles. The molecule has 7 nitrogen and oxygen atoms in total. The number of aromatic nitrogens is 1. The molecule has 0 aliphatic carbocycles. The van der Waals surface area contributed by atoms with E-state index in [2.05, 4.69) is 15.6 Å². The van der Waals surface area contributed by atoms with Crippen LogP contribution in [0.3, 0.4) is 0 Å². The number of anilines is 1. The van der Waals surface area contributed by atoms with Crippen LogP contribution in [0.4, 0.5) is 5.69 Å². The van der Waals surface area contributed by atoms with Crippen LogP contribution in [0, 0.1) is 0 Å². The minimum atomic E-state index is -0.516. The lowest BCUT2D eigenvalue weighted by atomic mass is 10.1. The predicted molar refractivity (Wildman–Crippen MR) is 73.3 cm³/mol. The average molecular weight is 283 g/mol. The maximum Gasteiger partial charge on any atom is 0.272 e. The molecule has 0 atom stereocenters. The van der Waals surface area contributed by atoms with Crippen LogP contribution in [0.15, 0.2) is 41.2 Å². The number of hydrogen-bond acceptors (Lipinski definition) is 4. The maximum absolute atomic E-state index is 12.0. The Kier molecular flexibility index (Phi) is 2.87. The van der Waals surface area contributed by atoms with Gasteiger partial charge in [0, 0.05) is 11.8 Å². The highest BCUT2D eigenvalue weighted by Crippen LogP contribution is 2.20. The van der Waals surface area contributed by atoms with Gasteiger partial charge in [0.1, 0.15) is 5.69 Å². The van der Waals surface area contributed by atoms with Crippen molar-refractivity contribution in [3.05, 3.63) is 63.6 Å². The van der Waals surface area contributed by atoms with E-state index in [0.29, 0.717) is 5.69 Å². The highest BCUT2D eigenvalue weighted by molar-refractivity contribution is 6.22. The molecule has 1 aromatic heterocycles. The molecule has 0 saturated carbocycles. The summed E-state index contributed by atoms with van der Waals surface area (Å²) in [5.41, 5.74) is 0.545. The van der Waals surface area contributed by atoms with Gasteiger partial charge in [-0.2, -0.15) is 0 Å². The number of rotatable bonds is 2. The molecule has 2 aromatic rings. The molecule has 2 heterocycles. The Bertz CT molecular complexity index is 838. The van der Waals surface area contributed by atoms with E-state index in [9.17, 15) is 19.2 Å². The number of amides is 3. The van der Waals surface area contributed by atoms with E-state index in [1.54, 1.807) is 0 Å². The lowest BCUT2D eigenvalue weighted by Crippen LogP contribution is -2.20. The Balaban J connectivity index is 1.88. The second-order valence-electron chi connectivity index (χ2n) is 4.43. The first-order valence-electron chi connectivity index (χ1n) is 6.05. The summed E-state index contributed by atoms with van der Waals surface area (Å²) >= 11 is 0. The fourth-order valence-corrected chi connectivity index (χ4v) is 2.02. The normalized spacial score (nSPS) is 12.8. The summed E-state index contributed by atoms with van der Waals surface area (Å²) in [5.74, 6) is -1.48. The largest absolute Gasteiger partial charge is 0.321 e. The van der Waals surface area contributed by atoms with Gasteiger partial charge in [-0.3, -0.25) is 24.5 Å². The molecule has 0 unspecified atom stereocenters. The number of fused-ring (bicyclic) bond motifs is 1. The summed E-state index contributed by atoms with van der Waals surface area (Å²) in [6, 6.07) is 8.59. The smallest absolute Gasteiger partial charge is 0.272 e. The third-order valence-electron chi connectivity index (χ3n) is 3.01. The monoisotopic (exact) mass is 283 g/mol. The lowest BCUT2D eigenvalue weighted by Gasteiger charge is -2.05. The van der Waals surface area contributed by atoms with E-state index in [1.165, 1.54) is 36.4 Å². The first-order valence-corrected chi connectivity index (χ1v) is 6.05. The van der Waals surface area contributed by atoms with Crippen molar-refractivity contribution in [3.8, 4) is 0 Å². The van der Waals surface area contributed by atoms with Crippen molar-refractivity contribution in [3.63, 3.8) is 0 Å². The molecule has 3 N–H and O–H groups in total. The van der Waals surface area contributed by atoms with E-state index in [4.69, 9.17) is 0 Å². The number of benzene rings is 1. The molecule has 0 fully saturated rings. The van der Waals surface area contributed by atoms with Crippen LogP contribution in [-0.4, -0.2) is 22.7 Å². The van der Waals surface area contributed by atoms with Crippen LogP contribution in [-0.2, 0) is 0 Å². The standard InChI is InChI=1S/C14H9N3O4/c18-11-3-1-2-10(16-11)14(21)15-7-4-5-8-9(6-7)13(20)17-12(8)19/h1-6H,(H,15,21)(H,16,18)(H,17,19,20). The topological polar surface area (TPSA) is 108 Å². The zero-order valence-electron chi connectivity index (χ0n) is 10.6. The first-order chi connectivity index (χ1) is 10.0. The Morgan fingerprint density at radius 1 is 0.952 bits per heavy atom. The fraction of sp³-hybridized carbons (Fsp3) is 0. The van der Waals surface area contributed by atoms with Crippen molar-refractivity contribution in [2.45, 2.75) is 0 Å². The minimum Gasteiger partial charge on any atom is -0.321 e. The number of pyridine rings is 1. The van der Waals surface area contributed by atoms with Gasteiger partial charge in [-0.1, -0.05) is 6.07 Å². The molecule has 21 heavy (non-hydrogen) atoms. The van der Waals surface area contributed by atoms with Crippen LogP contribution in [0.2, 0.25) is 0 Å². The third kappa shape index (κ3) is 2.32. The van der Waals surface area contributed by atoms with Crippen molar-refractivity contribution in [1.29, 1.82) is 0 Å². The molecule has 3 rings (SSSR count). The van der Waals surface area contributed by atoms with E-state index < -0.39 is 17.7 Å². The number of carbonyl (C=O) groups excluding carboxylic acids is 3. The number of H-pyrrole nitrogens is 1. The number of nitrogens with one attached hydrogen (secondary N) is 3. The SMILES string of the molecule is O=C(Nc1ccc2c(c1)C(=O)NC2=O)c1cccc(=O)[nH]1. The lowest BCUT2D eigenvalue weighted by molar-refractivity contribution is 0.0878. The van der Waals surface area contributed by atoms with E-state index in [0.717, 1.165) is 0 Å². The molecular weight excluding hydrogens is 274 g/mol. The van der Waals surface area contributed by atoms with E-state index >= 15 is 0 Å². The van der Waals surface area contributed by atoms with E-state index in [1.807, 2.05) is 0 Å². The zero-order chi connectivity index (χ0) is 15.0. The Labute approximate surface area is 118 Å². The Morgan fingerprint density at radius 2 is 1.71 bits per heavy atom. The van der Waals surface area contributed by atoms with Crippen molar-refractivity contribution < 1.29 is 14.4 Å². The minimum absolute atomic E-state index is 0.100. The third-order valence-corrected chi connectivity index (χ3v) is 3.01. The van der Waals surface area contributed by atoms with Crippen molar-refractivity contribution >= 4 is 23.4 Å². The molecule has 0 bridgehead atoms. The van der Waals surface area contributed by atoms with Crippen LogP contribution in [0.5, 0.6) is 0 Å². The predicted octanol–water partition coefficient (Wildman–Crippen LogP) is 0.511. The molecule has 1 aromatic carbocycles. The number of hydrogen-bond donors (Lipinski definition) is 3. The van der Waals surface area contributed by atoms with Gasteiger partial charge in [0.05, 0.1) is 11.1 Å². The van der Waals surface area contributed by atoms with Crippen molar-refractivity contribution in [2.24, 2.45) is 0 Å². The summed E-state index contributed by atoms with van der Waals surface area (Å²) in [5, 5.41) is 4.71. The summed E-state index contributed by atoms with van der Waals surface area (Å²) in [4.78, 5) is 48.5. The van der Waals surface area contributed by atoms with Gasteiger partial charge < -0.3 is 10.3 Å². The van der Waals surface area contributed by atoms with Gasteiger partial charge in [0.15, 0.2) is 0 Å². The van der Waals surface area contributed by atoms with Gasteiger partial charge in [0.25, 0.3) is 17.7 Å². The fourth-order valence-electron chi connectivity index (χ4n) is 2.02. The average Bonchev–Trinajstić information content (AvgIpc) is 2.74. The Morgan fingerprint density at radius 3 is 2.48 bits per heavy atom. The summed E-state index contributed by atoms with van der Waals surface area (Å²) < 4.78 is 0. The van der Waals surface area contributed by atoms with Gasteiger partial charge in [-0.05, 0) is 24.3 Å². The zero-order valence-corrected chi connectivity index (χ0v) is 10.6. The molecule has 1 aliphatic rings. The van der Waals surface area contributed by atoms with Crippen molar-refractivity contribution in [1.82, 2.24) is 10.3 Å². The molecule has 0 radical (unpaired) electrons. The van der Waals surface area contributed by atoms with Crippen molar-refractivity contribution in [2.75, 3.05) is 5.32 Å². The first kappa shape index (κ1) is 12.8. The molecule has 3 amide bonds. The van der Waals surface area contributed by atoms with E-state index in [-0.39, 0.29) is 22.4 Å². The number of carbonyl (C=O) groups is 3. The van der Waals surface area contributed by atoms with Gasteiger partial charge in [-0.15, -0.1) is 0 Å². The Hall–Kier alpha value is -3.22. The molecule has 7 heteroatoms. The highest BCUT2D eigenvalue weighted by Gasteiger charge is 2.26. The second kappa shape index (κ2) is 4.71. The van der Waals surface area contributed by atoms with Gasteiger partial charge in [0.2, 0.25) is 5.56 Å². The molecule has 104 valence electrons. The summed E-state index contributed by atoms with van der Waals surface area (Å²) in [6.45, 7) is 0. The number of imide groups is 1. The molecular formula is C14H9N3O4. The summed E-state index contributed by atoms with van der Waals surface area (Å²) in [6.07, 6.45) is 0. The maximum atomic E-state index is 12.0. The highest BCUT2D eigenvalue weighted by atomic mass is 16.2. The second-order valence-corrected chi connectivity index (χ2v) is 4.43. The number of aromatic amines is 1. The van der Waals surface area contributed by atoms with Gasteiger partial charge in [-0.25, -0.2) is 0 Å². The van der Waals surface area contributed by atoms with Gasteiger partial charge >= 0.3 is 0 Å². The van der Waals surface area contributed by atoms with Crippen LogP contribution in [0.25, 0.3) is 0 Å². The summed E-state index contributed by atoms with van der Waals surface area (Å²) in [7, 11) is 0. The van der Waals surface area contributed by atoms with Crippen LogP contribution >= 0.6 is 0 Å². The molecule has 0 spiro atoms. The molecule has 1 aliphatic heterocycles.